The molecule has 16 heavy (non-hydrogen) atoms. The number of rotatable bonds is 2. The Morgan fingerprint density at radius 3 is 2.69 bits per heavy atom. The van der Waals surface area contributed by atoms with E-state index in [0.717, 1.165) is 12.1 Å². The fourth-order valence-electron chi connectivity index (χ4n) is 1.94. The standard InChI is InChI=1S/C12H13F2NO/c1-15(2)12(16)10-6-8(10)9-5-7(13)3-4-11(9)14/h3-5,8,10H,6H2,1-2H3. The van der Waals surface area contributed by atoms with Gasteiger partial charge < -0.3 is 4.90 Å². The van der Waals surface area contributed by atoms with Crippen molar-refractivity contribution in [1.29, 1.82) is 0 Å². The molecule has 0 bridgehead atoms. The van der Waals surface area contributed by atoms with Crippen molar-refractivity contribution in [3.63, 3.8) is 0 Å². The van der Waals surface area contributed by atoms with Gasteiger partial charge in [-0.25, -0.2) is 8.78 Å². The SMILES string of the molecule is CN(C)C(=O)C1CC1c1cc(F)ccc1F. The van der Waals surface area contributed by atoms with Crippen LogP contribution >= 0.6 is 0 Å². The van der Waals surface area contributed by atoms with Crippen LogP contribution in [-0.2, 0) is 4.79 Å². The molecule has 0 radical (unpaired) electrons. The number of benzene rings is 1. The van der Waals surface area contributed by atoms with Crippen molar-refractivity contribution in [2.75, 3.05) is 14.1 Å². The third-order valence-electron chi connectivity index (χ3n) is 2.91. The van der Waals surface area contributed by atoms with E-state index in [-0.39, 0.29) is 17.7 Å². The first kappa shape index (κ1) is 11.0. The fourth-order valence-corrected chi connectivity index (χ4v) is 1.94. The van der Waals surface area contributed by atoms with E-state index in [1.165, 1.54) is 11.0 Å². The zero-order valence-corrected chi connectivity index (χ0v) is 9.21. The van der Waals surface area contributed by atoms with E-state index in [9.17, 15) is 13.6 Å². The molecular weight excluding hydrogens is 212 g/mol. The Morgan fingerprint density at radius 1 is 1.38 bits per heavy atom. The molecule has 0 aromatic heterocycles. The minimum atomic E-state index is -0.459. The summed E-state index contributed by atoms with van der Waals surface area (Å²) in [5.74, 6) is -1.26. The van der Waals surface area contributed by atoms with Crippen LogP contribution in [0.5, 0.6) is 0 Å². The first-order chi connectivity index (χ1) is 7.50. The molecule has 1 aliphatic rings. The van der Waals surface area contributed by atoms with Gasteiger partial charge in [0.1, 0.15) is 11.6 Å². The van der Waals surface area contributed by atoms with E-state index in [0.29, 0.717) is 12.0 Å². The average Bonchev–Trinajstić information content (AvgIpc) is 3.00. The van der Waals surface area contributed by atoms with Crippen LogP contribution in [0.1, 0.15) is 17.9 Å². The Labute approximate surface area is 92.9 Å². The van der Waals surface area contributed by atoms with E-state index in [2.05, 4.69) is 0 Å². The Bertz CT molecular complexity index is 431. The summed E-state index contributed by atoms with van der Waals surface area (Å²) in [5.41, 5.74) is 0.320. The predicted octanol–water partition coefficient (Wildman–Crippen LogP) is 2.16. The molecule has 0 spiro atoms. The van der Waals surface area contributed by atoms with Gasteiger partial charge in [-0.3, -0.25) is 4.79 Å². The summed E-state index contributed by atoms with van der Waals surface area (Å²) >= 11 is 0. The molecule has 0 heterocycles. The number of hydrogen-bond acceptors (Lipinski definition) is 1. The number of amides is 1. The Hall–Kier alpha value is -1.45. The maximum atomic E-state index is 13.4. The second kappa shape index (κ2) is 3.85. The van der Waals surface area contributed by atoms with E-state index in [1.807, 2.05) is 0 Å². The largest absolute Gasteiger partial charge is 0.349 e. The third kappa shape index (κ3) is 1.92. The zero-order valence-electron chi connectivity index (χ0n) is 9.21. The lowest BCUT2D eigenvalue weighted by Crippen LogP contribution is -2.23. The van der Waals surface area contributed by atoms with Gasteiger partial charge in [0.05, 0.1) is 0 Å². The molecule has 2 nitrogen and oxygen atoms in total. The Balaban J connectivity index is 2.17. The summed E-state index contributed by atoms with van der Waals surface area (Å²) in [6.45, 7) is 0. The quantitative estimate of drug-likeness (QED) is 0.755. The van der Waals surface area contributed by atoms with Crippen molar-refractivity contribution in [3.8, 4) is 0 Å². The lowest BCUT2D eigenvalue weighted by molar-refractivity contribution is -0.130. The number of halogens is 2. The molecule has 1 fully saturated rings. The molecule has 1 aromatic rings. The highest BCUT2D eigenvalue weighted by atomic mass is 19.1. The van der Waals surface area contributed by atoms with Crippen LogP contribution in [-0.4, -0.2) is 24.9 Å². The van der Waals surface area contributed by atoms with Crippen molar-refractivity contribution >= 4 is 5.91 Å². The first-order valence-corrected chi connectivity index (χ1v) is 5.17. The van der Waals surface area contributed by atoms with Crippen molar-refractivity contribution in [2.24, 2.45) is 5.92 Å². The van der Waals surface area contributed by atoms with Gasteiger partial charge in [0.2, 0.25) is 5.91 Å². The molecule has 86 valence electrons. The van der Waals surface area contributed by atoms with Crippen molar-refractivity contribution in [1.82, 2.24) is 4.90 Å². The van der Waals surface area contributed by atoms with Crippen LogP contribution in [0.3, 0.4) is 0 Å². The lowest BCUT2D eigenvalue weighted by Gasteiger charge is -2.09. The molecule has 2 atom stereocenters. The number of carbonyl (C=O) groups excluding carboxylic acids is 1. The summed E-state index contributed by atoms with van der Waals surface area (Å²) < 4.78 is 26.4. The lowest BCUT2D eigenvalue weighted by atomic mass is 10.1. The Morgan fingerprint density at radius 2 is 2.06 bits per heavy atom. The summed E-state index contributed by atoms with van der Waals surface area (Å²) in [6, 6.07) is 3.38. The van der Waals surface area contributed by atoms with Gasteiger partial charge >= 0.3 is 0 Å². The van der Waals surface area contributed by atoms with Gasteiger partial charge in [0, 0.05) is 20.0 Å². The first-order valence-electron chi connectivity index (χ1n) is 5.17. The van der Waals surface area contributed by atoms with Gasteiger partial charge in [-0.15, -0.1) is 0 Å². The molecule has 4 heteroatoms. The maximum Gasteiger partial charge on any atom is 0.225 e. The number of carbonyl (C=O) groups is 1. The van der Waals surface area contributed by atoms with Crippen molar-refractivity contribution in [2.45, 2.75) is 12.3 Å². The van der Waals surface area contributed by atoms with Crippen LogP contribution in [0.2, 0.25) is 0 Å². The molecule has 0 saturated heterocycles. The van der Waals surface area contributed by atoms with Gasteiger partial charge in [0.15, 0.2) is 0 Å². The molecule has 1 amide bonds. The van der Waals surface area contributed by atoms with Crippen molar-refractivity contribution in [3.05, 3.63) is 35.4 Å². The molecular formula is C12H13F2NO. The highest BCUT2D eigenvalue weighted by Crippen LogP contribution is 2.49. The van der Waals surface area contributed by atoms with Crippen LogP contribution in [0.25, 0.3) is 0 Å². The second-order valence-corrected chi connectivity index (χ2v) is 4.35. The average molecular weight is 225 g/mol. The highest BCUT2D eigenvalue weighted by Gasteiger charge is 2.45. The highest BCUT2D eigenvalue weighted by molar-refractivity contribution is 5.82. The van der Waals surface area contributed by atoms with Crippen molar-refractivity contribution < 1.29 is 13.6 Å². The molecule has 1 saturated carbocycles. The van der Waals surface area contributed by atoms with Gasteiger partial charge in [-0.1, -0.05) is 0 Å². The summed E-state index contributed by atoms with van der Waals surface area (Å²) in [7, 11) is 3.33. The third-order valence-corrected chi connectivity index (χ3v) is 2.91. The molecule has 2 unspecified atom stereocenters. The van der Waals surface area contributed by atoms with Gasteiger partial charge in [-0.05, 0) is 36.1 Å². The zero-order chi connectivity index (χ0) is 11.9. The summed E-state index contributed by atoms with van der Waals surface area (Å²) in [4.78, 5) is 13.1. The maximum absolute atomic E-state index is 13.4. The normalized spacial score (nSPS) is 23.0. The van der Waals surface area contributed by atoms with E-state index < -0.39 is 11.6 Å². The predicted molar refractivity (Wildman–Crippen MR) is 55.9 cm³/mol. The number of nitrogens with zero attached hydrogens (tertiary/aromatic N) is 1. The molecule has 1 aliphatic carbocycles. The molecule has 0 N–H and O–H groups in total. The van der Waals surface area contributed by atoms with Crippen LogP contribution in [0.15, 0.2) is 18.2 Å². The number of hydrogen-bond donors (Lipinski definition) is 0. The van der Waals surface area contributed by atoms with Gasteiger partial charge in [-0.2, -0.15) is 0 Å². The summed E-state index contributed by atoms with van der Waals surface area (Å²) in [6.07, 6.45) is 0.609. The molecule has 1 aromatic carbocycles. The van der Waals surface area contributed by atoms with Crippen LogP contribution in [0.4, 0.5) is 8.78 Å². The molecule has 2 rings (SSSR count). The smallest absolute Gasteiger partial charge is 0.225 e. The molecule has 0 aliphatic heterocycles. The second-order valence-electron chi connectivity index (χ2n) is 4.35. The summed E-state index contributed by atoms with van der Waals surface area (Å²) in [5, 5.41) is 0. The van der Waals surface area contributed by atoms with Crippen LogP contribution in [0, 0.1) is 17.6 Å². The topological polar surface area (TPSA) is 20.3 Å². The van der Waals surface area contributed by atoms with Crippen LogP contribution < -0.4 is 0 Å². The fraction of sp³-hybridized carbons (Fsp3) is 0.417. The van der Waals surface area contributed by atoms with E-state index in [4.69, 9.17) is 0 Å². The Kier molecular flexibility index (Phi) is 2.66. The minimum Gasteiger partial charge on any atom is -0.349 e. The minimum absolute atomic E-state index is 0.0198. The van der Waals surface area contributed by atoms with Gasteiger partial charge in [0.25, 0.3) is 0 Å². The monoisotopic (exact) mass is 225 g/mol. The van der Waals surface area contributed by atoms with E-state index >= 15 is 0 Å². The van der Waals surface area contributed by atoms with E-state index in [1.54, 1.807) is 14.1 Å².